The van der Waals surface area contributed by atoms with Crippen molar-refractivity contribution in [2.24, 2.45) is 0 Å². The summed E-state index contributed by atoms with van der Waals surface area (Å²) >= 11 is 11.0. The standard InChI is InChI=1S/C16H12BrNO4S2.C16H12ClNO4S2/c2*1-22-13-5-3-12(4-6-13)18-24(20,21)15-9-10-8-11(17)2-7-14(10)23-16(15)19/h2*2-9,18H,1H3. The van der Waals surface area contributed by atoms with Gasteiger partial charge in [0, 0.05) is 30.3 Å². The summed E-state index contributed by atoms with van der Waals surface area (Å²) in [5.74, 6) is 1.21. The summed E-state index contributed by atoms with van der Waals surface area (Å²) in [5.41, 5.74) is 0.695. The van der Waals surface area contributed by atoms with Gasteiger partial charge in [0.15, 0.2) is 0 Å². The maximum atomic E-state index is 12.6. The third-order valence-corrected chi connectivity index (χ3v) is 12.3. The number of halogens is 2. The molecule has 0 radical (unpaired) electrons. The van der Waals surface area contributed by atoms with Crippen molar-refractivity contribution in [2.45, 2.75) is 9.79 Å². The molecule has 6 rings (SSSR count). The van der Waals surface area contributed by atoms with Crippen LogP contribution in [0.2, 0.25) is 5.02 Å². The molecule has 16 heteroatoms. The predicted molar refractivity (Wildman–Crippen MR) is 197 cm³/mol. The molecular weight excluding hydrogens is 784 g/mol. The van der Waals surface area contributed by atoms with Crippen LogP contribution in [0, 0.1) is 0 Å². The van der Waals surface area contributed by atoms with Gasteiger partial charge in [-0.25, -0.2) is 16.8 Å². The Balaban J connectivity index is 0.000000188. The first-order valence-electron chi connectivity index (χ1n) is 13.6. The molecular formula is C32H24BrClN2O8S4. The Morgan fingerprint density at radius 3 is 1.46 bits per heavy atom. The Kier molecular flexibility index (Phi) is 10.8. The fourth-order valence-corrected chi connectivity index (χ4v) is 9.31. The van der Waals surface area contributed by atoms with E-state index in [0.29, 0.717) is 43.4 Å². The van der Waals surface area contributed by atoms with E-state index in [1.165, 1.54) is 26.4 Å². The lowest BCUT2D eigenvalue weighted by atomic mass is 10.2. The van der Waals surface area contributed by atoms with Crippen LogP contribution in [-0.2, 0) is 20.0 Å². The lowest BCUT2D eigenvalue weighted by Crippen LogP contribution is -2.19. The molecule has 2 heterocycles. The number of benzene rings is 4. The van der Waals surface area contributed by atoms with E-state index >= 15 is 0 Å². The fourth-order valence-electron chi connectivity index (χ4n) is 4.26. The average Bonchev–Trinajstić information content (AvgIpc) is 3.05. The minimum atomic E-state index is -4.00. The smallest absolute Gasteiger partial charge is 0.266 e. The van der Waals surface area contributed by atoms with E-state index in [1.807, 2.05) is 6.07 Å². The first-order valence-corrected chi connectivity index (χ1v) is 19.4. The van der Waals surface area contributed by atoms with Gasteiger partial charge in [0.25, 0.3) is 29.5 Å². The third kappa shape index (κ3) is 8.35. The van der Waals surface area contributed by atoms with E-state index in [0.717, 1.165) is 31.8 Å². The van der Waals surface area contributed by atoms with Gasteiger partial charge in [-0.15, -0.1) is 0 Å². The van der Waals surface area contributed by atoms with Crippen molar-refractivity contribution in [3.63, 3.8) is 0 Å². The van der Waals surface area contributed by atoms with Crippen LogP contribution in [0.1, 0.15) is 0 Å². The lowest BCUT2D eigenvalue weighted by molar-refractivity contribution is 0.415. The average molecular weight is 808 g/mol. The fraction of sp³-hybridized carbons (Fsp3) is 0.0625. The van der Waals surface area contributed by atoms with Crippen molar-refractivity contribution in [1.29, 1.82) is 0 Å². The van der Waals surface area contributed by atoms with Gasteiger partial charge in [0.1, 0.15) is 21.3 Å². The molecule has 0 unspecified atom stereocenters. The van der Waals surface area contributed by atoms with Gasteiger partial charge in [-0.05, 0) is 108 Å². The van der Waals surface area contributed by atoms with Crippen molar-refractivity contribution in [3.05, 3.63) is 126 Å². The molecule has 6 aromatic rings. The number of fused-ring (bicyclic) bond motifs is 2. The lowest BCUT2D eigenvalue weighted by Gasteiger charge is -2.09. The van der Waals surface area contributed by atoms with Crippen molar-refractivity contribution in [3.8, 4) is 11.5 Å². The molecule has 0 bridgehead atoms. The van der Waals surface area contributed by atoms with E-state index in [2.05, 4.69) is 25.4 Å². The molecule has 0 saturated heterocycles. The van der Waals surface area contributed by atoms with Crippen LogP contribution in [0.3, 0.4) is 0 Å². The number of hydrogen-bond donors (Lipinski definition) is 2. The van der Waals surface area contributed by atoms with Crippen LogP contribution in [-0.4, -0.2) is 31.1 Å². The highest BCUT2D eigenvalue weighted by Gasteiger charge is 2.21. The van der Waals surface area contributed by atoms with Gasteiger partial charge < -0.3 is 9.47 Å². The molecule has 0 aliphatic heterocycles. The first-order chi connectivity index (χ1) is 22.8. The van der Waals surface area contributed by atoms with E-state index < -0.39 is 29.5 Å². The predicted octanol–water partition coefficient (Wildman–Crippen LogP) is 7.56. The maximum absolute atomic E-state index is 12.6. The Morgan fingerprint density at radius 2 is 1.02 bits per heavy atom. The molecule has 0 spiro atoms. The maximum Gasteiger partial charge on any atom is 0.266 e. The molecule has 0 atom stereocenters. The summed E-state index contributed by atoms with van der Waals surface area (Å²) < 4.78 is 66.2. The van der Waals surface area contributed by atoms with Gasteiger partial charge >= 0.3 is 0 Å². The van der Waals surface area contributed by atoms with Crippen LogP contribution < -0.4 is 28.4 Å². The zero-order valence-electron chi connectivity index (χ0n) is 24.9. The second-order valence-electron chi connectivity index (χ2n) is 9.83. The normalized spacial score (nSPS) is 11.4. The number of nitrogens with one attached hydrogen (secondary N) is 2. The van der Waals surface area contributed by atoms with Gasteiger partial charge in [-0.1, -0.05) is 50.2 Å². The third-order valence-electron chi connectivity index (χ3n) is 6.59. The van der Waals surface area contributed by atoms with Gasteiger partial charge in [0.2, 0.25) is 0 Å². The molecule has 48 heavy (non-hydrogen) atoms. The molecule has 0 fully saturated rings. The van der Waals surface area contributed by atoms with Gasteiger partial charge in [-0.3, -0.25) is 19.0 Å². The van der Waals surface area contributed by atoms with Crippen molar-refractivity contribution in [2.75, 3.05) is 23.7 Å². The summed E-state index contributed by atoms with van der Waals surface area (Å²) in [6.45, 7) is 0. The van der Waals surface area contributed by atoms with E-state index in [9.17, 15) is 26.4 Å². The largest absolute Gasteiger partial charge is 0.497 e. The molecule has 2 aromatic heterocycles. The molecule has 10 nitrogen and oxygen atoms in total. The van der Waals surface area contributed by atoms with Crippen LogP contribution in [0.5, 0.6) is 11.5 Å². The van der Waals surface area contributed by atoms with Crippen molar-refractivity contribution >= 4 is 102 Å². The number of anilines is 2. The van der Waals surface area contributed by atoms with E-state index in [-0.39, 0.29) is 9.79 Å². The quantitative estimate of drug-likeness (QED) is 0.160. The van der Waals surface area contributed by atoms with Crippen LogP contribution in [0.15, 0.2) is 121 Å². The Labute approximate surface area is 296 Å². The second-order valence-corrected chi connectivity index (χ2v) is 16.5. The minimum absolute atomic E-state index is 0.270. The highest BCUT2D eigenvalue weighted by molar-refractivity contribution is 9.10. The number of hydrogen-bond acceptors (Lipinski definition) is 10. The Hall–Kier alpha value is -3.99. The van der Waals surface area contributed by atoms with Crippen LogP contribution in [0.4, 0.5) is 11.4 Å². The first kappa shape index (κ1) is 35.3. The summed E-state index contributed by atoms with van der Waals surface area (Å²) in [6, 6.07) is 25.8. The molecule has 4 aromatic carbocycles. The number of methoxy groups -OCH3 is 2. The molecule has 0 amide bonds. The summed E-state index contributed by atoms with van der Waals surface area (Å²) in [5, 5.41) is 1.76. The van der Waals surface area contributed by atoms with Gasteiger partial charge in [-0.2, -0.15) is 0 Å². The van der Waals surface area contributed by atoms with Crippen LogP contribution >= 0.6 is 50.2 Å². The number of sulfonamides is 2. The zero-order valence-corrected chi connectivity index (χ0v) is 30.5. The van der Waals surface area contributed by atoms with Crippen LogP contribution in [0.25, 0.3) is 20.2 Å². The van der Waals surface area contributed by atoms with E-state index in [1.54, 1.807) is 78.9 Å². The Bertz CT molecular complexity index is 2300. The summed E-state index contributed by atoms with van der Waals surface area (Å²) in [6.07, 6.45) is 0. The monoisotopic (exact) mass is 806 g/mol. The second kappa shape index (κ2) is 14.6. The molecule has 0 saturated carbocycles. The van der Waals surface area contributed by atoms with Crippen molar-refractivity contribution in [1.82, 2.24) is 0 Å². The molecule has 248 valence electrons. The highest BCUT2D eigenvalue weighted by atomic mass is 79.9. The topological polar surface area (TPSA) is 145 Å². The van der Waals surface area contributed by atoms with Crippen molar-refractivity contribution < 1.29 is 26.3 Å². The molecule has 0 aliphatic carbocycles. The number of ether oxygens (including phenoxy) is 2. The minimum Gasteiger partial charge on any atom is -0.497 e. The SMILES string of the molecule is COc1ccc(NS(=O)(=O)c2cc3cc(Br)ccc3sc2=O)cc1.COc1ccc(NS(=O)(=O)c2cc3cc(Cl)ccc3sc2=O)cc1. The zero-order chi connectivity index (χ0) is 34.6. The molecule has 0 aliphatic rings. The van der Waals surface area contributed by atoms with E-state index in [4.69, 9.17) is 21.1 Å². The highest BCUT2D eigenvalue weighted by Crippen LogP contribution is 2.26. The number of rotatable bonds is 8. The Morgan fingerprint density at radius 1 is 0.604 bits per heavy atom. The summed E-state index contributed by atoms with van der Waals surface area (Å²) in [4.78, 5) is 23.8. The van der Waals surface area contributed by atoms with Gasteiger partial charge in [0.05, 0.1) is 14.2 Å². The summed E-state index contributed by atoms with van der Waals surface area (Å²) in [7, 11) is -4.94. The molecule has 2 N–H and O–H groups in total.